The lowest BCUT2D eigenvalue weighted by atomic mass is 10.1. The SMILES string of the molecule is COc1cccc(CNC(=O)c2c(OC)cccc2OC)c1. The lowest BCUT2D eigenvalue weighted by molar-refractivity contribution is 0.0944. The van der Waals surface area contributed by atoms with E-state index in [1.54, 1.807) is 25.3 Å². The zero-order valence-electron chi connectivity index (χ0n) is 12.9. The Hall–Kier alpha value is -2.69. The van der Waals surface area contributed by atoms with Gasteiger partial charge in [0.15, 0.2) is 0 Å². The van der Waals surface area contributed by atoms with Crippen LogP contribution in [0.1, 0.15) is 15.9 Å². The van der Waals surface area contributed by atoms with Crippen LogP contribution < -0.4 is 19.5 Å². The molecular formula is C17H19NO4. The minimum atomic E-state index is -0.253. The third kappa shape index (κ3) is 3.49. The number of nitrogens with one attached hydrogen (secondary N) is 1. The van der Waals surface area contributed by atoms with Crippen LogP contribution in [0.3, 0.4) is 0 Å². The maximum Gasteiger partial charge on any atom is 0.259 e. The minimum absolute atomic E-state index is 0.253. The van der Waals surface area contributed by atoms with Crippen molar-refractivity contribution in [2.75, 3.05) is 21.3 Å². The van der Waals surface area contributed by atoms with Gasteiger partial charge in [-0.25, -0.2) is 0 Å². The van der Waals surface area contributed by atoms with Gasteiger partial charge < -0.3 is 19.5 Å². The number of rotatable bonds is 6. The first-order chi connectivity index (χ1) is 10.7. The highest BCUT2D eigenvalue weighted by Gasteiger charge is 2.17. The Morgan fingerprint density at radius 1 is 0.955 bits per heavy atom. The third-order valence-electron chi connectivity index (χ3n) is 3.24. The molecule has 0 fully saturated rings. The molecule has 0 heterocycles. The summed E-state index contributed by atoms with van der Waals surface area (Å²) in [6.45, 7) is 0.386. The van der Waals surface area contributed by atoms with E-state index in [4.69, 9.17) is 14.2 Å². The Morgan fingerprint density at radius 3 is 2.18 bits per heavy atom. The molecule has 2 aromatic carbocycles. The van der Waals surface area contributed by atoms with Gasteiger partial charge in [-0.15, -0.1) is 0 Å². The van der Waals surface area contributed by atoms with E-state index in [2.05, 4.69) is 5.32 Å². The van der Waals surface area contributed by atoms with Gasteiger partial charge >= 0.3 is 0 Å². The Labute approximate surface area is 129 Å². The summed E-state index contributed by atoms with van der Waals surface area (Å²) in [4.78, 5) is 12.4. The molecule has 22 heavy (non-hydrogen) atoms. The molecule has 0 unspecified atom stereocenters. The summed E-state index contributed by atoms with van der Waals surface area (Å²) < 4.78 is 15.6. The largest absolute Gasteiger partial charge is 0.497 e. The summed E-state index contributed by atoms with van der Waals surface area (Å²) in [7, 11) is 4.65. The quantitative estimate of drug-likeness (QED) is 0.891. The number of carbonyl (C=O) groups excluding carboxylic acids is 1. The van der Waals surface area contributed by atoms with Gasteiger partial charge in [0.1, 0.15) is 22.8 Å². The van der Waals surface area contributed by atoms with Crippen molar-refractivity contribution in [3.63, 3.8) is 0 Å². The van der Waals surface area contributed by atoms with Gasteiger partial charge in [-0.2, -0.15) is 0 Å². The van der Waals surface area contributed by atoms with Gasteiger partial charge in [-0.1, -0.05) is 18.2 Å². The Kier molecular flexibility index (Phi) is 5.25. The average Bonchev–Trinajstić information content (AvgIpc) is 2.58. The van der Waals surface area contributed by atoms with E-state index >= 15 is 0 Å². The van der Waals surface area contributed by atoms with Crippen LogP contribution in [0.4, 0.5) is 0 Å². The molecular weight excluding hydrogens is 282 g/mol. The predicted molar refractivity (Wildman–Crippen MR) is 83.7 cm³/mol. The molecule has 1 amide bonds. The molecule has 116 valence electrons. The molecule has 2 aromatic rings. The van der Waals surface area contributed by atoms with E-state index in [0.717, 1.165) is 11.3 Å². The summed E-state index contributed by atoms with van der Waals surface area (Å²) in [5, 5.41) is 2.86. The molecule has 0 radical (unpaired) electrons. The monoisotopic (exact) mass is 301 g/mol. The van der Waals surface area contributed by atoms with Gasteiger partial charge in [-0.3, -0.25) is 4.79 Å². The lowest BCUT2D eigenvalue weighted by Gasteiger charge is -2.13. The summed E-state index contributed by atoms with van der Waals surface area (Å²) in [6, 6.07) is 12.8. The van der Waals surface area contributed by atoms with Crippen molar-refractivity contribution >= 4 is 5.91 Å². The van der Waals surface area contributed by atoms with E-state index < -0.39 is 0 Å². The normalized spacial score (nSPS) is 9.95. The molecule has 0 atom stereocenters. The van der Waals surface area contributed by atoms with Gasteiger partial charge in [0.2, 0.25) is 0 Å². The van der Waals surface area contributed by atoms with E-state index in [0.29, 0.717) is 23.6 Å². The van der Waals surface area contributed by atoms with E-state index in [-0.39, 0.29) is 5.91 Å². The van der Waals surface area contributed by atoms with E-state index in [1.165, 1.54) is 14.2 Å². The molecule has 0 aliphatic carbocycles. The highest BCUT2D eigenvalue weighted by molar-refractivity contribution is 5.99. The van der Waals surface area contributed by atoms with Gasteiger partial charge in [0.25, 0.3) is 5.91 Å². The molecule has 0 aliphatic heterocycles. The first-order valence-electron chi connectivity index (χ1n) is 6.81. The van der Waals surface area contributed by atoms with Crippen LogP contribution >= 0.6 is 0 Å². The number of carbonyl (C=O) groups is 1. The average molecular weight is 301 g/mol. The number of methoxy groups -OCH3 is 3. The molecule has 5 heteroatoms. The van der Waals surface area contributed by atoms with Gasteiger partial charge in [0.05, 0.1) is 21.3 Å². The van der Waals surface area contributed by atoms with Crippen LogP contribution in [0.2, 0.25) is 0 Å². The van der Waals surface area contributed by atoms with Crippen LogP contribution in [-0.4, -0.2) is 27.2 Å². The Morgan fingerprint density at radius 2 is 1.59 bits per heavy atom. The van der Waals surface area contributed by atoms with Gasteiger partial charge in [-0.05, 0) is 29.8 Å². The number of benzene rings is 2. The summed E-state index contributed by atoms with van der Waals surface area (Å²) >= 11 is 0. The molecule has 1 N–H and O–H groups in total. The first-order valence-corrected chi connectivity index (χ1v) is 6.81. The molecule has 0 saturated carbocycles. The second kappa shape index (κ2) is 7.36. The first kappa shape index (κ1) is 15.7. The minimum Gasteiger partial charge on any atom is -0.497 e. The standard InChI is InChI=1S/C17H19NO4/c1-20-13-7-4-6-12(10-13)11-18-17(19)16-14(21-2)8-5-9-15(16)22-3/h4-10H,11H2,1-3H3,(H,18,19). The van der Waals surface area contributed by atoms with Crippen LogP contribution in [0, 0.1) is 0 Å². The molecule has 2 rings (SSSR count). The summed E-state index contributed by atoms with van der Waals surface area (Å²) in [5.41, 5.74) is 1.33. The highest BCUT2D eigenvalue weighted by Crippen LogP contribution is 2.28. The topological polar surface area (TPSA) is 56.8 Å². The van der Waals surface area contributed by atoms with Crippen molar-refractivity contribution in [3.05, 3.63) is 53.6 Å². The van der Waals surface area contributed by atoms with Crippen molar-refractivity contribution in [2.45, 2.75) is 6.54 Å². The van der Waals surface area contributed by atoms with Crippen LogP contribution in [0.25, 0.3) is 0 Å². The molecule has 0 spiro atoms. The van der Waals surface area contributed by atoms with E-state index in [9.17, 15) is 4.79 Å². The van der Waals surface area contributed by atoms with Crippen molar-refractivity contribution in [1.29, 1.82) is 0 Å². The number of hydrogen-bond acceptors (Lipinski definition) is 4. The zero-order valence-corrected chi connectivity index (χ0v) is 12.9. The molecule has 0 aromatic heterocycles. The Bertz CT molecular complexity index is 633. The maximum absolute atomic E-state index is 12.4. The third-order valence-corrected chi connectivity index (χ3v) is 3.24. The lowest BCUT2D eigenvalue weighted by Crippen LogP contribution is -2.24. The van der Waals surface area contributed by atoms with Crippen LogP contribution in [0.15, 0.2) is 42.5 Å². The number of ether oxygens (including phenoxy) is 3. The fourth-order valence-electron chi connectivity index (χ4n) is 2.13. The summed E-state index contributed by atoms with van der Waals surface area (Å²) in [6.07, 6.45) is 0. The second-order valence-corrected chi connectivity index (χ2v) is 4.57. The van der Waals surface area contributed by atoms with Crippen molar-refractivity contribution in [3.8, 4) is 17.2 Å². The fourth-order valence-corrected chi connectivity index (χ4v) is 2.13. The highest BCUT2D eigenvalue weighted by atomic mass is 16.5. The molecule has 5 nitrogen and oxygen atoms in total. The van der Waals surface area contributed by atoms with Crippen molar-refractivity contribution in [1.82, 2.24) is 5.32 Å². The van der Waals surface area contributed by atoms with Gasteiger partial charge in [0, 0.05) is 6.54 Å². The number of hydrogen-bond donors (Lipinski definition) is 1. The predicted octanol–water partition coefficient (Wildman–Crippen LogP) is 2.64. The zero-order chi connectivity index (χ0) is 15.9. The Balaban J connectivity index is 2.15. The number of amides is 1. The smallest absolute Gasteiger partial charge is 0.259 e. The van der Waals surface area contributed by atoms with E-state index in [1.807, 2.05) is 24.3 Å². The van der Waals surface area contributed by atoms with Crippen molar-refractivity contribution in [2.24, 2.45) is 0 Å². The fraction of sp³-hybridized carbons (Fsp3) is 0.235. The van der Waals surface area contributed by atoms with Crippen LogP contribution in [0.5, 0.6) is 17.2 Å². The maximum atomic E-state index is 12.4. The summed E-state index contributed by atoms with van der Waals surface area (Å²) in [5.74, 6) is 1.45. The molecule has 0 saturated heterocycles. The second-order valence-electron chi connectivity index (χ2n) is 4.57. The molecule has 0 aliphatic rings. The van der Waals surface area contributed by atoms with Crippen molar-refractivity contribution < 1.29 is 19.0 Å². The molecule has 0 bridgehead atoms. The van der Waals surface area contributed by atoms with Crippen LogP contribution in [-0.2, 0) is 6.54 Å².